The van der Waals surface area contributed by atoms with E-state index in [0.29, 0.717) is 23.5 Å². The van der Waals surface area contributed by atoms with Crippen LogP contribution in [0.4, 0.5) is 27.8 Å². The summed E-state index contributed by atoms with van der Waals surface area (Å²) in [5.41, 5.74) is 1.83. The van der Waals surface area contributed by atoms with E-state index in [-0.39, 0.29) is 5.82 Å². The van der Waals surface area contributed by atoms with Crippen molar-refractivity contribution in [1.82, 2.24) is 9.97 Å². The Morgan fingerprint density at radius 2 is 1.85 bits per heavy atom. The van der Waals surface area contributed by atoms with Gasteiger partial charge in [-0.15, -0.1) is 0 Å². The lowest BCUT2D eigenvalue weighted by Crippen LogP contribution is -2.28. The van der Waals surface area contributed by atoms with E-state index in [4.69, 9.17) is 10.1 Å². The summed E-state index contributed by atoms with van der Waals surface area (Å²) >= 11 is 0. The Hall–Kier alpha value is -3.16. The van der Waals surface area contributed by atoms with Gasteiger partial charge in [-0.3, -0.25) is 5.32 Å². The number of aromatic nitrogens is 2. The van der Waals surface area contributed by atoms with E-state index in [0.717, 1.165) is 11.4 Å². The molecular weight excluding hydrogens is 344 g/mol. The monoisotopic (exact) mass is 370 g/mol. The summed E-state index contributed by atoms with van der Waals surface area (Å²) in [6.07, 6.45) is 1.17. The molecule has 0 unspecified atom stereocenters. The third-order valence-corrected chi connectivity index (χ3v) is 3.54. The highest BCUT2D eigenvalue weighted by molar-refractivity contribution is 6.08. The van der Waals surface area contributed by atoms with Crippen molar-refractivity contribution in [2.75, 3.05) is 23.0 Å². The van der Waals surface area contributed by atoms with E-state index in [1.54, 1.807) is 20.8 Å². The first kappa shape index (κ1) is 20.2. The lowest BCUT2D eigenvalue weighted by atomic mass is 10.1. The molecule has 0 bridgehead atoms. The van der Waals surface area contributed by atoms with Gasteiger partial charge in [0, 0.05) is 24.1 Å². The predicted octanol–water partition coefficient (Wildman–Crippen LogP) is 4.39. The van der Waals surface area contributed by atoms with E-state index in [1.165, 1.54) is 6.33 Å². The van der Waals surface area contributed by atoms with Gasteiger partial charge in [-0.1, -0.05) is 13.0 Å². The molecule has 0 aliphatic heterocycles. The van der Waals surface area contributed by atoms with Gasteiger partial charge >= 0.3 is 6.09 Å². The largest absolute Gasteiger partial charge is 0.444 e. The van der Waals surface area contributed by atoms with Crippen molar-refractivity contribution >= 4 is 34.8 Å². The molecule has 0 atom stereocenters. The number of nitrogens with zero attached hydrogens (tertiary/aromatic N) is 2. The van der Waals surface area contributed by atoms with Crippen molar-refractivity contribution < 1.29 is 9.53 Å². The van der Waals surface area contributed by atoms with Gasteiger partial charge in [-0.25, -0.2) is 14.8 Å². The molecule has 1 heterocycles. The smallest absolute Gasteiger partial charge is 0.413 e. The molecule has 8 heteroatoms. The predicted molar refractivity (Wildman–Crippen MR) is 108 cm³/mol. The van der Waals surface area contributed by atoms with E-state index in [2.05, 4.69) is 25.9 Å². The van der Waals surface area contributed by atoms with Crippen molar-refractivity contribution in [2.45, 2.75) is 39.7 Å². The highest BCUT2D eigenvalue weighted by Crippen LogP contribution is 2.26. The molecule has 0 saturated heterocycles. The van der Waals surface area contributed by atoms with Crippen LogP contribution in [0.2, 0.25) is 0 Å². The van der Waals surface area contributed by atoms with Gasteiger partial charge in [0.25, 0.3) is 0 Å². The number of hydrogen-bond donors (Lipinski definition) is 4. The van der Waals surface area contributed by atoms with Crippen molar-refractivity contribution in [1.29, 1.82) is 5.41 Å². The van der Waals surface area contributed by atoms with Crippen LogP contribution in [0.25, 0.3) is 0 Å². The normalized spacial score (nSPS) is 10.9. The molecule has 1 aromatic heterocycles. The van der Waals surface area contributed by atoms with Gasteiger partial charge in [0.15, 0.2) is 0 Å². The lowest BCUT2D eigenvalue weighted by Gasteiger charge is -2.20. The second kappa shape index (κ2) is 8.48. The van der Waals surface area contributed by atoms with E-state index >= 15 is 0 Å². The minimum absolute atomic E-state index is 0.235. The molecule has 1 aromatic carbocycles. The van der Waals surface area contributed by atoms with Crippen LogP contribution in [0.3, 0.4) is 0 Å². The minimum atomic E-state index is -0.635. The van der Waals surface area contributed by atoms with Crippen LogP contribution in [-0.2, 0) is 4.74 Å². The highest BCUT2D eigenvalue weighted by atomic mass is 16.6. The summed E-state index contributed by atoms with van der Waals surface area (Å²) in [7, 11) is 1.84. The van der Waals surface area contributed by atoms with Gasteiger partial charge in [0.1, 0.15) is 23.6 Å². The summed E-state index contributed by atoms with van der Waals surface area (Å²) in [6, 6.07) is 7.65. The molecule has 0 spiro atoms. The van der Waals surface area contributed by atoms with Gasteiger partial charge in [-0.05, 0) is 45.4 Å². The van der Waals surface area contributed by atoms with Crippen molar-refractivity contribution in [3.05, 3.63) is 36.2 Å². The highest BCUT2D eigenvalue weighted by Gasteiger charge is 2.21. The number of hydrogen-bond acceptors (Lipinski definition) is 7. The molecule has 2 rings (SSSR count). The van der Waals surface area contributed by atoms with Crippen molar-refractivity contribution in [3.8, 4) is 0 Å². The van der Waals surface area contributed by atoms with Crippen molar-refractivity contribution in [2.24, 2.45) is 0 Å². The second-order valence-electron chi connectivity index (χ2n) is 6.86. The summed E-state index contributed by atoms with van der Waals surface area (Å²) in [6.45, 7) is 7.20. The maximum atomic E-state index is 12.2. The third kappa shape index (κ3) is 5.67. The fourth-order valence-corrected chi connectivity index (χ4v) is 2.33. The fourth-order valence-electron chi connectivity index (χ4n) is 2.33. The Morgan fingerprint density at radius 3 is 2.48 bits per heavy atom. The molecule has 0 radical (unpaired) electrons. The molecule has 8 nitrogen and oxygen atoms in total. The number of ether oxygens (including phenoxy) is 1. The van der Waals surface area contributed by atoms with Crippen LogP contribution in [0.5, 0.6) is 0 Å². The molecule has 4 N–H and O–H groups in total. The Balaban J connectivity index is 2.37. The van der Waals surface area contributed by atoms with Crippen LogP contribution in [0.15, 0.2) is 30.6 Å². The zero-order chi connectivity index (χ0) is 20.0. The van der Waals surface area contributed by atoms with Crippen LogP contribution in [0.1, 0.15) is 39.7 Å². The molecule has 0 saturated carbocycles. The Bertz CT molecular complexity index is 829. The van der Waals surface area contributed by atoms with Gasteiger partial charge in [0.05, 0.1) is 5.56 Å². The molecule has 27 heavy (non-hydrogen) atoms. The average Bonchev–Trinajstić information content (AvgIpc) is 2.60. The van der Waals surface area contributed by atoms with E-state index in [9.17, 15) is 4.79 Å². The molecule has 0 aliphatic carbocycles. The minimum Gasteiger partial charge on any atom is -0.444 e. The van der Waals surface area contributed by atoms with Gasteiger partial charge in [-0.2, -0.15) is 0 Å². The second-order valence-corrected chi connectivity index (χ2v) is 6.86. The zero-order valence-electron chi connectivity index (χ0n) is 16.3. The SMILES string of the molecule is CCC(=N)c1c(NC(=O)OC(C)(C)C)ncnc1Nc1cccc(NC)c1. The number of benzene rings is 1. The number of amides is 1. The quantitative estimate of drug-likeness (QED) is 0.561. The number of anilines is 4. The van der Waals surface area contributed by atoms with Crippen LogP contribution >= 0.6 is 0 Å². The Labute approximate surface area is 159 Å². The fraction of sp³-hybridized carbons (Fsp3) is 0.368. The lowest BCUT2D eigenvalue weighted by molar-refractivity contribution is 0.0635. The number of rotatable bonds is 6. The molecule has 2 aromatic rings. The molecular formula is C19H26N6O2. The van der Waals surface area contributed by atoms with E-state index in [1.807, 2.05) is 38.2 Å². The maximum Gasteiger partial charge on any atom is 0.413 e. The summed E-state index contributed by atoms with van der Waals surface area (Å²) in [5, 5.41) is 17.2. The Morgan fingerprint density at radius 1 is 1.19 bits per heavy atom. The summed E-state index contributed by atoms with van der Waals surface area (Å²) < 4.78 is 5.29. The first-order chi connectivity index (χ1) is 12.7. The van der Waals surface area contributed by atoms with E-state index < -0.39 is 11.7 Å². The third-order valence-electron chi connectivity index (χ3n) is 3.54. The number of carbonyl (C=O) groups is 1. The summed E-state index contributed by atoms with van der Waals surface area (Å²) in [5.74, 6) is 0.675. The number of carbonyl (C=O) groups excluding carboxylic acids is 1. The first-order valence-corrected chi connectivity index (χ1v) is 8.71. The molecule has 144 valence electrons. The van der Waals surface area contributed by atoms with Gasteiger partial charge in [0.2, 0.25) is 0 Å². The van der Waals surface area contributed by atoms with Crippen LogP contribution in [-0.4, -0.2) is 34.4 Å². The number of nitrogens with one attached hydrogen (secondary N) is 4. The standard InChI is InChI=1S/C19H26N6O2/c1-6-14(20)15-16(24-13-9-7-8-12(10-13)21-5)22-11-23-17(15)25-18(26)27-19(2,3)4/h7-11,20-21H,6H2,1-5H3,(H2,22,23,24,25,26). The molecule has 1 amide bonds. The van der Waals surface area contributed by atoms with Crippen molar-refractivity contribution in [3.63, 3.8) is 0 Å². The zero-order valence-corrected chi connectivity index (χ0v) is 16.3. The molecule has 0 fully saturated rings. The topological polar surface area (TPSA) is 112 Å². The Kier molecular flexibility index (Phi) is 6.33. The van der Waals surface area contributed by atoms with Crippen LogP contribution in [0, 0.1) is 5.41 Å². The van der Waals surface area contributed by atoms with Crippen LogP contribution < -0.4 is 16.0 Å². The maximum absolute atomic E-state index is 12.2. The average molecular weight is 370 g/mol. The molecule has 0 aliphatic rings. The first-order valence-electron chi connectivity index (χ1n) is 8.71. The van der Waals surface area contributed by atoms with Gasteiger partial charge < -0.3 is 20.8 Å². The summed E-state index contributed by atoms with van der Waals surface area (Å²) in [4.78, 5) is 20.6.